The number of rotatable bonds is 6. The molecule has 1 N–H and O–H groups in total. The van der Waals surface area contributed by atoms with E-state index in [0.717, 1.165) is 72.2 Å². The first-order valence-corrected chi connectivity index (χ1v) is 12.3. The van der Waals surface area contributed by atoms with Gasteiger partial charge in [0.15, 0.2) is 0 Å². The molecule has 1 aliphatic carbocycles. The number of nitrogens with zero attached hydrogens (tertiary/aromatic N) is 3. The normalized spacial score (nSPS) is 16.7. The minimum Gasteiger partial charge on any atom is -0.465 e. The summed E-state index contributed by atoms with van der Waals surface area (Å²) in [6.45, 7) is 4.42. The van der Waals surface area contributed by atoms with E-state index in [9.17, 15) is 9.59 Å². The maximum absolute atomic E-state index is 12.4. The van der Waals surface area contributed by atoms with Gasteiger partial charge in [0.2, 0.25) is 5.91 Å². The molecule has 1 amide bonds. The first-order valence-electron chi connectivity index (χ1n) is 11.1. The monoisotopic (exact) mass is 484 g/mol. The van der Waals surface area contributed by atoms with E-state index in [4.69, 9.17) is 21.3 Å². The van der Waals surface area contributed by atoms with Crippen LogP contribution in [0.3, 0.4) is 0 Å². The number of fused-ring (bicyclic) bond motifs is 1. The van der Waals surface area contributed by atoms with Crippen LogP contribution in [0.4, 0.5) is 11.4 Å². The van der Waals surface area contributed by atoms with Gasteiger partial charge in [-0.15, -0.1) is 11.3 Å². The van der Waals surface area contributed by atoms with Crippen LogP contribution in [0.15, 0.2) is 36.4 Å². The number of carbonyl (C=O) groups is 2. The molecule has 1 aromatic carbocycles. The molecule has 2 fully saturated rings. The Morgan fingerprint density at radius 2 is 1.97 bits per heavy atom. The van der Waals surface area contributed by atoms with Crippen LogP contribution in [-0.4, -0.2) is 55.0 Å². The standard InChI is InChI=1S/C24H25ClN4O3S/c1-32-24(31)21-20(27-22(30)15-5-6-15)19-8-7-17(26-23(19)33-21)14-28-9-11-29(12-10-28)18-4-2-3-16(25)13-18/h2-4,7-8,13,15H,5-6,9-12,14H2,1H3,(H,27,30). The van der Waals surface area contributed by atoms with Crippen molar-refractivity contribution in [1.29, 1.82) is 0 Å². The fourth-order valence-electron chi connectivity index (χ4n) is 4.10. The van der Waals surface area contributed by atoms with Crippen molar-refractivity contribution >= 4 is 56.4 Å². The molecule has 172 valence electrons. The quantitative estimate of drug-likeness (QED) is 0.522. The molecule has 1 saturated heterocycles. The molecule has 2 aromatic heterocycles. The summed E-state index contributed by atoms with van der Waals surface area (Å²) in [5, 5.41) is 4.47. The lowest BCUT2D eigenvalue weighted by Gasteiger charge is -2.36. The second kappa shape index (κ2) is 9.29. The van der Waals surface area contributed by atoms with Crippen LogP contribution in [-0.2, 0) is 16.1 Å². The van der Waals surface area contributed by atoms with Crippen LogP contribution >= 0.6 is 22.9 Å². The number of methoxy groups -OCH3 is 1. The number of hydrogen-bond acceptors (Lipinski definition) is 7. The summed E-state index contributed by atoms with van der Waals surface area (Å²) in [5.74, 6) is -0.451. The Morgan fingerprint density at radius 1 is 1.18 bits per heavy atom. The van der Waals surface area contributed by atoms with E-state index in [1.807, 2.05) is 30.3 Å². The number of esters is 1. The second-order valence-electron chi connectivity index (χ2n) is 8.46. The maximum Gasteiger partial charge on any atom is 0.350 e. The fourth-order valence-corrected chi connectivity index (χ4v) is 5.35. The SMILES string of the molecule is COC(=O)c1sc2nc(CN3CCN(c4cccc(Cl)c4)CC3)ccc2c1NC(=O)C1CC1. The van der Waals surface area contributed by atoms with Gasteiger partial charge in [0.05, 0.1) is 18.5 Å². The van der Waals surface area contributed by atoms with Crippen molar-refractivity contribution in [2.24, 2.45) is 5.92 Å². The van der Waals surface area contributed by atoms with Crippen LogP contribution in [0.1, 0.15) is 28.2 Å². The summed E-state index contributed by atoms with van der Waals surface area (Å²) in [7, 11) is 1.35. The third kappa shape index (κ3) is 4.83. The van der Waals surface area contributed by atoms with Crippen LogP contribution in [0.2, 0.25) is 5.02 Å². The Labute approximate surface area is 201 Å². The Balaban J connectivity index is 1.30. The summed E-state index contributed by atoms with van der Waals surface area (Å²) in [6, 6.07) is 11.9. The predicted octanol–water partition coefficient (Wildman–Crippen LogP) is 4.41. The van der Waals surface area contributed by atoms with Gasteiger partial charge < -0.3 is 15.0 Å². The number of anilines is 2. The Bertz CT molecular complexity index is 1200. The number of carbonyl (C=O) groups excluding carboxylic acids is 2. The highest BCUT2D eigenvalue weighted by atomic mass is 35.5. The number of ether oxygens (including phenoxy) is 1. The first-order chi connectivity index (χ1) is 16.0. The highest BCUT2D eigenvalue weighted by Crippen LogP contribution is 2.38. The molecular weight excluding hydrogens is 460 g/mol. The van der Waals surface area contributed by atoms with E-state index < -0.39 is 5.97 Å². The number of benzene rings is 1. The summed E-state index contributed by atoms with van der Waals surface area (Å²) < 4.78 is 4.94. The summed E-state index contributed by atoms with van der Waals surface area (Å²) in [6.07, 6.45) is 1.79. The maximum atomic E-state index is 12.4. The number of nitrogens with one attached hydrogen (secondary N) is 1. The minimum absolute atomic E-state index is 0.0403. The summed E-state index contributed by atoms with van der Waals surface area (Å²) in [4.78, 5) is 35.3. The molecule has 3 heterocycles. The van der Waals surface area contributed by atoms with E-state index in [0.29, 0.717) is 10.6 Å². The van der Waals surface area contributed by atoms with Crippen molar-refractivity contribution in [2.75, 3.05) is 43.5 Å². The molecule has 2 aliphatic rings. The van der Waals surface area contributed by atoms with Crippen LogP contribution in [0.5, 0.6) is 0 Å². The number of halogens is 1. The number of hydrogen-bond donors (Lipinski definition) is 1. The number of pyridine rings is 1. The molecule has 33 heavy (non-hydrogen) atoms. The highest BCUT2D eigenvalue weighted by Gasteiger charge is 2.32. The van der Waals surface area contributed by atoms with E-state index in [1.165, 1.54) is 18.4 Å². The Morgan fingerprint density at radius 3 is 2.67 bits per heavy atom. The second-order valence-corrected chi connectivity index (χ2v) is 9.90. The molecule has 0 unspecified atom stereocenters. The molecule has 0 radical (unpaired) electrons. The van der Waals surface area contributed by atoms with Crippen LogP contribution in [0.25, 0.3) is 10.2 Å². The minimum atomic E-state index is -0.456. The predicted molar refractivity (Wildman–Crippen MR) is 131 cm³/mol. The van der Waals surface area contributed by atoms with Gasteiger partial charge in [0.25, 0.3) is 0 Å². The molecule has 0 bridgehead atoms. The largest absolute Gasteiger partial charge is 0.465 e. The van der Waals surface area contributed by atoms with E-state index in [2.05, 4.69) is 21.2 Å². The van der Waals surface area contributed by atoms with Crippen molar-refractivity contribution < 1.29 is 14.3 Å². The highest BCUT2D eigenvalue weighted by molar-refractivity contribution is 7.21. The average Bonchev–Trinajstić information content (AvgIpc) is 3.62. The zero-order chi connectivity index (χ0) is 22.9. The van der Waals surface area contributed by atoms with E-state index >= 15 is 0 Å². The summed E-state index contributed by atoms with van der Waals surface area (Å²) >= 11 is 7.41. The molecule has 1 saturated carbocycles. The molecule has 9 heteroatoms. The van der Waals surface area contributed by atoms with Crippen molar-refractivity contribution in [3.63, 3.8) is 0 Å². The molecule has 0 atom stereocenters. The first kappa shape index (κ1) is 22.1. The number of piperazine rings is 1. The van der Waals surface area contributed by atoms with Gasteiger partial charge in [-0.05, 0) is 43.2 Å². The zero-order valence-corrected chi connectivity index (χ0v) is 19.9. The molecular formula is C24H25ClN4O3S. The lowest BCUT2D eigenvalue weighted by atomic mass is 10.2. The van der Waals surface area contributed by atoms with E-state index in [1.54, 1.807) is 0 Å². The molecule has 1 aliphatic heterocycles. The number of aromatic nitrogens is 1. The van der Waals surface area contributed by atoms with Crippen LogP contribution < -0.4 is 10.2 Å². The van der Waals surface area contributed by atoms with Crippen molar-refractivity contribution in [1.82, 2.24) is 9.88 Å². The molecule has 7 nitrogen and oxygen atoms in total. The lowest BCUT2D eigenvalue weighted by Crippen LogP contribution is -2.46. The number of thiophene rings is 1. The average molecular weight is 485 g/mol. The van der Waals surface area contributed by atoms with Gasteiger partial charge in [-0.1, -0.05) is 17.7 Å². The van der Waals surface area contributed by atoms with Crippen molar-refractivity contribution in [3.8, 4) is 0 Å². The van der Waals surface area contributed by atoms with Gasteiger partial charge in [0.1, 0.15) is 9.71 Å². The molecule has 5 rings (SSSR count). The van der Waals surface area contributed by atoms with Crippen molar-refractivity contribution in [3.05, 3.63) is 52.0 Å². The van der Waals surface area contributed by atoms with Gasteiger partial charge in [-0.2, -0.15) is 0 Å². The Hall–Kier alpha value is -2.68. The van der Waals surface area contributed by atoms with Gasteiger partial charge >= 0.3 is 5.97 Å². The molecule has 3 aromatic rings. The topological polar surface area (TPSA) is 74.8 Å². The van der Waals surface area contributed by atoms with Gasteiger partial charge in [0, 0.05) is 54.7 Å². The van der Waals surface area contributed by atoms with E-state index in [-0.39, 0.29) is 11.8 Å². The lowest BCUT2D eigenvalue weighted by molar-refractivity contribution is -0.117. The van der Waals surface area contributed by atoms with Crippen molar-refractivity contribution in [2.45, 2.75) is 19.4 Å². The van der Waals surface area contributed by atoms with Gasteiger partial charge in [-0.3, -0.25) is 9.69 Å². The zero-order valence-electron chi connectivity index (χ0n) is 18.3. The molecule has 0 spiro atoms. The smallest absolute Gasteiger partial charge is 0.350 e. The summed E-state index contributed by atoms with van der Waals surface area (Å²) in [5.41, 5.74) is 2.61. The fraction of sp³-hybridized carbons (Fsp3) is 0.375. The number of amides is 1. The third-order valence-electron chi connectivity index (χ3n) is 6.11. The van der Waals surface area contributed by atoms with Gasteiger partial charge in [-0.25, -0.2) is 9.78 Å². The van der Waals surface area contributed by atoms with Crippen LogP contribution in [0, 0.1) is 5.92 Å². The third-order valence-corrected chi connectivity index (χ3v) is 7.43. The Kier molecular flexibility index (Phi) is 6.23.